The van der Waals surface area contributed by atoms with E-state index in [1.165, 1.54) is 12.1 Å². The van der Waals surface area contributed by atoms with Crippen LogP contribution in [-0.4, -0.2) is 4.99 Å². The second-order valence-electron chi connectivity index (χ2n) is 5.58. The number of nitrogens with one attached hydrogen (secondary N) is 1. The van der Waals surface area contributed by atoms with E-state index >= 15 is 0 Å². The highest BCUT2D eigenvalue weighted by Crippen LogP contribution is 2.20. The van der Waals surface area contributed by atoms with Crippen molar-refractivity contribution in [1.82, 2.24) is 5.32 Å². The molecule has 0 unspecified atom stereocenters. The maximum absolute atomic E-state index is 13.0. The molecule has 0 saturated carbocycles. The van der Waals surface area contributed by atoms with Gasteiger partial charge in [-0.25, -0.2) is 4.39 Å². The zero-order valence-corrected chi connectivity index (χ0v) is 14.4. The van der Waals surface area contributed by atoms with Gasteiger partial charge in [0.15, 0.2) is 0 Å². The third kappa shape index (κ3) is 4.88. The molecule has 0 radical (unpaired) electrons. The first-order valence-corrected chi connectivity index (χ1v) is 8.41. The van der Waals surface area contributed by atoms with E-state index in [9.17, 15) is 4.39 Å². The average molecular weight is 351 g/mol. The largest absolute Gasteiger partial charge is 0.488 e. The Kier molecular flexibility index (Phi) is 5.75. The first-order chi connectivity index (χ1) is 12.2. The molecule has 3 aromatic rings. The molecule has 1 N–H and O–H groups in total. The zero-order chi connectivity index (χ0) is 17.5. The number of para-hydroxylation sites is 1. The maximum Gasteiger partial charge on any atom is 0.129 e. The predicted molar refractivity (Wildman–Crippen MR) is 102 cm³/mol. The minimum atomic E-state index is -0.244. The Hall–Kier alpha value is -2.72. The van der Waals surface area contributed by atoms with Crippen molar-refractivity contribution in [3.05, 3.63) is 101 Å². The van der Waals surface area contributed by atoms with Crippen LogP contribution >= 0.6 is 12.2 Å². The summed E-state index contributed by atoms with van der Waals surface area (Å²) in [5, 5.41) is 3.20. The summed E-state index contributed by atoms with van der Waals surface area (Å²) in [6, 6.07) is 24.0. The Morgan fingerprint density at radius 1 is 0.840 bits per heavy atom. The van der Waals surface area contributed by atoms with E-state index in [1.54, 1.807) is 12.1 Å². The summed E-state index contributed by atoms with van der Waals surface area (Å²) >= 11 is 5.50. The normalized spacial score (nSPS) is 10.3. The lowest BCUT2D eigenvalue weighted by Gasteiger charge is -2.14. The third-order valence-electron chi connectivity index (χ3n) is 3.74. The molecular weight excluding hydrogens is 333 g/mol. The molecule has 0 spiro atoms. The van der Waals surface area contributed by atoms with Crippen molar-refractivity contribution in [2.75, 3.05) is 0 Å². The molecule has 0 atom stereocenters. The molecule has 0 aromatic heterocycles. The molecule has 25 heavy (non-hydrogen) atoms. The van der Waals surface area contributed by atoms with Crippen molar-refractivity contribution in [2.24, 2.45) is 0 Å². The number of hydrogen-bond acceptors (Lipinski definition) is 2. The first kappa shape index (κ1) is 17.1. The van der Waals surface area contributed by atoms with Gasteiger partial charge in [-0.1, -0.05) is 66.8 Å². The Morgan fingerprint density at radius 3 is 2.28 bits per heavy atom. The smallest absolute Gasteiger partial charge is 0.129 e. The summed E-state index contributed by atoms with van der Waals surface area (Å²) in [5.74, 6) is 0.494. The summed E-state index contributed by atoms with van der Waals surface area (Å²) in [5.41, 5.74) is 2.91. The highest BCUT2D eigenvalue weighted by molar-refractivity contribution is 7.80. The van der Waals surface area contributed by atoms with Crippen molar-refractivity contribution in [3.63, 3.8) is 0 Å². The summed E-state index contributed by atoms with van der Waals surface area (Å²) in [6.45, 7) is 1.02. The molecule has 0 aliphatic rings. The van der Waals surface area contributed by atoms with Gasteiger partial charge in [-0.2, -0.15) is 0 Å². The van der Waals surface area contributed by atoms with E-state index in [4.69, 9.17) is 17.0 Å². The minimum absolute atomic E-state index is 0.244. The minimum Gasteiger partial charge on any atom is -0.488 e. The van der Waals surface area contributed by atoms with Crippen LogP contribution in [0.25, 0.3) is 0 Å². The molecular formula is C21H18FNOS. The molecule has 0 heterocycles. The lowest BCUT2D eigenvalue weighted by atomic mass is 10.1. The van der Waals surface area contributed by atoms with Gasteiger partial charge < -0.3 is 10.1 Å². The quantitative estimate of drug-likeness (QED) is 0.640. The SMILES string of the molecule is Fc1ccc(CNC(=S)c2ccccc2OCc2ccccc2)cc1. The van der Waals surface area contributed by atoms with Gasteiger partial charge in [0.05, 0.1) is 5.56 Å². The molecule has 2 nitrogen and oxygen atoms in total. The Morgan fingerprint density at radius 2 is 1.52 bits per heavy atom. The van der Waals surface area contributed by atoms with Crippen molar-refractivity contribution in [3.8, 4) is 5.75 Å². The Labute approximate surface area is 152 Å². The van der Waals surface area contributed by atoms with Crippen LogP contribution < -0.4 is 10.1 Å². The lowest BCUT2D eigenvalue weighted by molar-refractivity contribution is 0.305. The zero-order valence-electron chi connectivity index (χ0n) is 13.6. The Balaban J connectivity index is 1.64. The lowest BCUT2D eigenvalue weighted by Crippen LogP contribution is -2.22. The van der Waals surface area contributed by atoms with E-state index in [2.05, 4.69) is 5.32 Å². The topological polar surface area (TPSA) is 21.3 Å². The molecule has 0 amide bonds. The molecule has 3 rings (SSSR count). The van der Waals surface area contributed by atoms with Crippen LogP contribution in [0.2, 0.25) is 0 Å². The van der Waals surface area contributed by atoms with Crippen LogP contribution in [0, 0.1) is 5.82 Å². The second kappa shape index (κ2) is 8.40. The van der Waals surface area contributed by atoms with Crippen molar-refractivity contribution >= 4 is 17.2 Å². The van der Waals surface area contributed by atoms with Gasteiger partial charge in [-0.3, -0.25) is 0 Å². The van der Waals surface area contributed by atoms with Crippen molar-refractivity contribution < 1.29 is 9.13 Å². The number of ether oxygens (including phenoxy) is 1. The van der Waals surface area contributed by atoms with Crippen LogP contribution in [0.1, 0.15) is 16.7 Å². The second-order valence-corrected chi connectivity index (χ2v) is 5.99. The van der Waals surface area contributed by atoms with Crippen LogP contribution in [0.15, 0.2) is 78.9 Å². The van der Waals surface area contributed by atoms with Crippen molar-refractivity contribution in [1.29, 1.82) is 0 Å². The van der Waals surface area contributed by atoms with Crippen LogP contribution in [0.5, 0.6) is 5.75 Å². The van der Waals surface area contributed by atoms with Gasteiger partial charge in [0.2, 0.25) is 0 Å². The molecule has 0 saturated heterocycles. The van der Waals surface area contributed by atoms with E-state index in [1.807, 2.05) is 54.6 Å². The standard InChI is InChI=1S/C21H18FNOS/c22-18-12-10-16(11-13-18)14-23-21(25)19-8-4-5-9-20(19)24-15-17-6-2-1-3-7-17/h1-13H,14-15H2,(H,23,25). The van der Waals surface area contributed by atoms with Crippen molar-refractivity contribution in [2.45, 2.75) is 13.2 Å². The summed E-state index contributed by atoms with van der Waals surface area (Å²) in [4.78, 5) is 0.605. The number of thiocarbonyl (C=S) groups is 1. The third-order valence-corrected chi connectivity index (χ3v) is 4.10. The number of rotatable bonds is 6. The molecule has 3 aromatic carbocycles. The monoisotopic (exact) mass is 351 g/mol. The molecule has 0 aliphatic carbocycles. The van der Waals surface area contributed by atoms with E-state index in [0.29, 0.717) is 18.1 Å². The molecule has 4 heteroatoms. The summed E-state index contributed by atoms with van der Waals surface area (Å²) < 4.78 is 18.9. The van der Waals surface area contributed by atoms with Crippen LogP contribution in [0.3, 0.4) is 0 Å². The highest BCUT2D eigenvalue weighted by atomic mass is 32.1. The van der Waals surface area contributed by atoms with Gasteiger partial charge in [0, 0.05) is 6.54 Å². The molecule has 126 valence electrons. The van der Waals surface area contributed by atoms with Gasteiger partial charge in [0.25, 0.3) is 0 Å². The number of benzene rings is 3. The van der Waals surface area contributed by atoms with E-state index < -0.39 is 0 Å². The summed E-state index contributed by atoms with van der Waals surface area (Å²) in [6.07, 6.45) is 0. The van der Waals surface area contributed by atoms with Crippen LogP contribution in [0.4, 0.5) is 4.39 Å². The molecule has 0 fully saturated rings. The maximum atomic E-state index is 13.0. The van der Waals surface area contributed by atoms with E-state index in [0.717, 1.165) is 22.4 Å². The number of hydrogen-bond donors (Lipinski definition) is 1. The predicted octanol–water partition coefficient (Wildman–Crippen LogP) is 4.87. The fraction of sp³-hybridized carbons (Fsp3) is 0.0952. The summed E-state index contributed by atoms with van der Waals surface area (Å²) in [7, 11) is 0. The van der Waals surface area contributed by atoms with Gasteiger partial charge >= 0.3 is 0 Å². The van der Waals surface area contributed by atoms with Gasteiger partial charge in [-0.15, -0.1) is 0 Å². The fourth-order valence-electron chi connectivity index (χ4n) is 2.40. The van der Waals surface area contributed by atoms with Gasteiger partial charge in [-0.05, 0) is 35.4 Å². The molecule has 0 aliphatic heterocycles. The first-order valence-electron chi connectivity index (χ1n) is 8.01. The molecule has 0 bridgehead atoms. The van der Waals surface area contributed by atoms with Gasteiger partial charge in [0.1, 0.15) is 23.2 Å². The average Bonchev–Trinajstić information content (AvgIpc) is 2.67. The highest BCUT2D eigenvalue weighted by Gasteiger charge is 2.08. The van der Waals surface area contributed by atoms with Crippen LogP contribution in [-0.2, 0) is 13.2 Å². The van der Waals surface area contributed by atoms with E-state index in [-0.39, 0.29) is 5.82 Å². The Bertz CT molecular complexity index is 834. The fourth-order valence-corrected chi connectivity index (χ4v) is 2.64. The number of halogens is 1.